The lowest BCUT2D eigenvalue weighted by atomic mass is 10.0. The van der Waals surface area contributed by atoms with Gasteiger partial charge in [0.1, 0.15) is 11.9 Å². The van der Waals surface area contributed by atoms with Crippen molar-refractivity contribution in [3.8, 4) is 5.75 Å². The molecule has 0 aliphatic carbocycles. The molecule has 25 heavy (non-hydrogen) atoms. The molecule has 0 aromatic heterocycles. The molecule has 0 aliphatic rings. The lowest BCUT2D eigenvalue weighted by Crippen LogP contribution is -2.32. The standard InChI is InChI=1S/C18H18BrNO5/c19-13-8-9-15(22)14(11-13)16(7-4-10-21)25-18(24)20-17(23)12-5-2-1-3-6-12/h1-3,5-6,8-9,11,16,21-22H,4,7,10H2,(H,20,23,24)/t16-/m1/s1. The highest BCUT2D eigenvalue weighted by Crippen LogP contribution is 2.32. The Labute approximate surface area is 153 Å². The second-order valence-corrected chi connectivity index (χ2v) is 6.20. The first-order valence-electron chi connectivity index (χ1n) is 7.67. The van der Waals surface area contributed by atoms with Gasteiger partial charge in [0.2, 0.25) is 0 Å². The third-order valence-corrected chi connectivity index (χ3v) is 3.96. The molecule has 0 heterocycles. The molecule has 2 aromatic rings. The molecular weight excluding hydrogens is 390 g/mol. The van der Waals surface area contributed by atoms with E-state index in [1.165, 1.54) is 6.07 Å². The molecular formula is C18H18BrNO5. The molecule has 0 fully saturated rings. The van der Waals surface area contributed by atoms with E-state index in [1.807, 2.05) is 0 Å². The smallest absolute Gasteiger partial charge is 0.414 e. The Hall–Kier alpha value is -2.38. The number of phenolic OH excluding ortho intramolecular Hbond substituents is 1. The van der Waals surface area contributed by atoms with E-state index in [0.29, 0.717) is 28.4 Å². The number of aliphatic hydroxyl groups excluding tert-OH is 1. The summed E-state index contributed by atoms with van der Waals surface area (Å²) in [5.41, 5.74) is 0.724. The van der Waals surface area contributed by atoms with Crippen LogP contribution in [0.2, 0.25) is 0 Å². The van der Waals surface area contributed by atoms with Gasteiger partial charge in [-0.1, -0.05) is 34.1 Å². The van der Waals surface area contributed by atoms with E-state index in [0.717, 1.165) is 0 Å². The molecule has 0 radical (unpaired) electrons. The van der Waals surface area contributed by atoms with Gasteiger partial charge in [-0.25, -0.2) is 4.79 Å². The maximum atomic E-state index is 12.1. The first kappa shape index (κ1) is 19.0. The zero-order valence-electron chi connectivity index (χ0n) is 13.3. The first-order chi connectivity index (χ1) is 12.0. The Kier molecular flexibility index (Phi) is 6.97. The number of phenols is 1. The van der Waals surface area contributed by atoms with Crippen LogP contribution in [0.4, 0.5) is 4.79 Å². The van der Waals surface area contributed by atoms with Gasteiger partial charge in [-0.3, -0.25) is 10.1 Å². The molecule has 2 aromatic carbocycles. The molecule has 3 N–H and O–H groups in total. The predicted molar refractivity (Wildman–Crippen MR) is 95.3 cm³/mol. The number of aliphatic hydroxyl groups is 1. The number of rotatable bonds is 6. The normalized spacial score (nSPS) is 11.6. The van der Waals surface area contributed by atoms with E-state index in [2.05, 4.69) is 21.2 Å². The molecule has 0 saturated carbocycles. The molecule has 6 nitrogen and oxygen atoms in total. The first-order valence-corrected chi connectivity index (χ1v) is 8.47. The number of hydrogen-bond donors (Lipinski definition) is 3. The van der Waals surface area contributed by atoms with Crippen LogP contribution >= 0.6 is 15.9 Å². The molecule has 0 spiro atoms. The summed E-state index contributed by atoms with van der Waals surface area (Å²) in [6, 6.07) is 13.0. The van der Waals surface area contributed by atoms with Crippen molar-refractivity contribution in [3.05, 3.63) is 64.1 Å². The van der Waals surface area contributed by atoms with Gasteiger partial charge in [0.25, 0.3) is 5.91 Å². The van der Waals surface area contributed by atoms with Gasteiger partial charge in [0.15, 0.2) is 0 Å². The molecule has 0 bridgehead atoms. The lowest BCUT2D eigenvalue weighted by Gasteiger charge is -2.19. The Morgan fingerprint density at radius 3 is 2.56 bits per heavy atom. The number of imide groups is 1. The van der Waals surface area contributed by atoms with Crippen LogP contribution in [0.3, 0.4) is 0 Å². The van der Waals surface area contributed by atoms with Gasteiger partial charge in [-0.2, -0.15) is 0 Å². The highest BCUT2D eigenvalue weighted by atomic mass is 79.9. The third kappa shape index (κ3) is 5.58. The summed E-state index contributed by atoms with van der Waals surface area (Å²) < 4.78 is 6.01. The van der Waals surface area contributed by atoms with Crippen molar-refractivity contribution in [2.75, 3.05) is 6.61 Å². The Morgan fingerprint density at radius 2 is 1.88 bits per heavy atom. The number of carbonyl (C=O) groups is 2. The summed E-state index contributed by atoms with van der Waals surface area (Å²) in [4.78, 5) is 24.1. The van der Waals surface area contributed by atoms with Gasteiger partial charge in [-0.15, -0.1) is 0 Å². The second-order valence-electron chi connectivity index (χ2n) is 5.28. The van der Waals surface area contributed by atoms with Gasteiger partial charge < -0.3 is 14.9 Å². The monoisotopic (exact) mass is 407 g/mol. The van der Waals surface area contributed by atoms with Crippen LogP contribution in [0.5, 0.6) is 5.75 Å². The number of amides is 2. The van der Waals surface area contributed by atoms with Crippen molar-refractivity contribution in [1.82, 2.24) is 5.32 Å². The number of hydrogen-bond acceptors (Lipinski definition) is 5. The van der Waals surface area contributed by atoms with Crippen LogP contribution in [-0.2, 0) is 4.74 Å². The maximum absolute atomic E-state index is 12.1. The summed E-state index contributed by atoms with van der Waals surface area (Å²) in [7, 11) is 0. The van der Waals surface area contributed by atoms with E-state index in [-0.39, 0.29) is 12.4 Å². The molecule has 0 saturated heterocycles. The lowest BCUT2D eigenvalue weighted by molar-refractivity contribution is 0.0763. The summed E-state index contributed by atoms with van der Waals surface area (Å²) in [5.74, 6) is -0.613. The maximum Gasteiger partial charge on any atom is 0.414 e. The van der Waals surface area contributed by atoms with Crippen molar-refractivity contribution >= 4 is 27.9 Å². The predicted octanol–water partition coefficient (Wildman–Crippen LogP) is 3.53. The molecule has 132 valence electrons. The molecule has 0 aliphatic heterocycles. The topological polar surface area (TPSA) is 95.9 Å². The number of benzene rings is 2. The molecule has 2 rings (SSSR count). The van der Waals surface area contributed by atoms with Crippen molar-refractivity contribution in [1.29, 1.82) is 0 Å². The average Bonchev–Trinajstić information content (AvgIpc) is 2.61. The number of nitrogens with one attached hydrogen (secondary N) is 1. The van der Waals surface area contributed by atoms with Crippen molar-refractivity contribution in [2.24, 2.45) is 0 Å². The van der Waals surface area contributed by atoms with E-state index in [1.54, 1.807) is 42.5 Å². The Balaban J connectivity index is 2.09. The van der Waals surface area contributed by atoms with Crippen LogP contribution in [0.15, 0.2) is 53.0 Å². The number of aromatic hydroxyl groups is 1. The van der Waals surface area contributed by atoms with Crippen LogP contribution in [-0.4, -0.2) is 28.8 Å². The highest BCUT2D eigenvalue weighted by Gasteiger charge is 2.21. The van der Waals surface area contributed by atoms with Crippen LogP contribution in [0.1, 0.15) is 34.9 Å². The minimum Gasteiger partial charge on any atom is -0.508 e. The van der Waals surface area contributed by atoms with Crippen LogP contribution < -0.4 is 5.32 Å². The summed E-state index contributed by atoms with van der Waals surface area (Å²) in [6.45, 7) is -0.0841. The Bertz CT molecular complexity index is 736. The fourth-order valence-corrected chi connectivity index (χ4v) is 2.63. The summed E-state index contributed by atoms with van der Waals surface area (Å²) in [5, 5.41) is 21.2. The Morgan fingerprint density at radius 1 is 1.16 bits per heavy atom. The zero-order chi connectivity index (χ0) is 18.2. The van der Waals surface area contributed by atoms with Crippen LogP contribution in [0.25, 0.3) is 0 Å². The molecule has 7 heteroatoms. The van der Waals surface area contributed by atoms with Gasteiger partial charge in [0, 0.05) is 22.2 Å². The zero-order valence-corrected chi connectivity index (χ0v) is 14.9. The van der Waals surface area contributed by atoms with Crippen molar-refractivity contribution in [3.63, 3.8) is 0 Å². The van der Waals surface area contributed by atoms with E-state index in [9.17, 15) is 14.7 Å². The van der Waals surface area contributed by atoms with E-state index in [4.69, 9.17) is 9.84 Å². The molecule has 0 unspecified atom stereocenters. The quantitative estimate of drug-likeness (QED) is 0.680. The largest absolute Gasteiger partial charge is 0.508 e. The van der Waals surface area contributed by atoms with E-state index >= 15 is 0 Å². The fraction of sp³-hybridized carbons (Fsp3) is 0.222. The number of halogens is 1. The van der Waals surface area contributed by atoms with Gasteiger partial charge in [0.05, 0.1) is 0 Å². The van der Waals surface area contributed by atoms with E-state index < -0.39 is 18.1 Å². The van der Waals surface area contributed by atoms with Gasteiger partial charge in [-0.05, 0) is 43.2 Å². The number of ether oxygens (including phenoxy) is 1. The summed E-state index contributed by atoms with van der Waals surface area (Å²) >= 11 is 3.30. The fourth-order valence-electron chi connectivity index (χ4n) is 2.25. The number of carbonyl (C=O) groups excluding carboxylic acids is 2. The molecule has 2 amide bonds. The average molecular weight is 408 g/mol. The number of alkyl carbamates (subject to hydrolysis) is 1. The molecule has 1 atom stereocenters. The second kappa shape index (κ2) is 9.19. The van der Waals surface area contributed by atoms with Gasteiger partial charge >= 0.3 is 6.09 Å². The highest BCUT2D eigenvalue weighted by molar-refractivity contribution is 9.10. The SMILES string of the molecule is O=C(NC(=O)c1ccccc1)O[C@H](CCCO)c1cc(Br)ccc1O. The third-order valence-electron chi connectivity index (χ3n) is 3.46. The van der Waals surface area contributed by atoms with Crippen molar-refractivity contribution in [2.45, 2.75) is 18.9 Å². The van der Waals surface area contributed by atoms with Crippen molar-refractivity contribution < 1.29 is 24.5 Å². The minimum atomic E-state index is -0.920. The minimum absolute atomic E-state index is 0.0340. The summed E-state index contributed by atoms with van der Waals surface area (Å²) in [6.07, 6.45) is -1.05. The van der Waals surface area contributed by atoms with Crippen LogP contribution in [0, 0.1) is 0 Å².